The van der Waals surface area contributed by atoms with Crippen molar-refractivity contribution in [3.63, 3.8) is 0 Å². The van der Waals surface area contributed by atoms with Crippen LogP contribution in [0.1, 0.15) is 24.2 Å². The summed E-state index contributed by atoms with van der Waals surface area (Å²) in [5.74, 6) is -0.205. The van der Waals surface area contributed by atoms with E-state index in [9.17, 15) is 9.59 Å². The van der Waals surface area contributed by atoms with Gasteiger partial charge in [-0.2, -0.15) is 0 Å². The van der Waals surface area contributed by atoms with Crippen molar-refractivity contribution in [3.8, 4) is 5.75 Å². The first-order valence-corrected chi connectivity index (χ1v) is 5.07. The number of hydrogen-bond acceptors (Lipinski definition) is 3. The SMILES string of the molecule is CC(=O)Oc1cc(I)ccc1C(C)=O. The van der Waals surface area contributed by atoms with Gasteiger partial charge in [0.15, 0.2) is 5.78 Å². The third-order valence-corrected chi connectivity index (χ3v) is 2.25. The number of ether oxygens (including phenoxy) is 1. The third kappa shape index (κ3) is 2.80. The Morgan fingerprint density at radius 2 is 1.93 bits per heavy atom. The molecular weight excluding hydrogens is 295 g/mol. The number of ketones is 1. The van der Waals surface area contributed by atoms with Gasteiger partial charge in [0.25, 0.3) is 0 Å². The van der Waals surface area contributed by atoms with Crippen molar-refractivity contribution in [2.45, 2.75) is 13.8 Å². The third-order valence-electron chi connectivity index (χ3n) is 1.58. The molecule has 1 aromatic rings. The first kappa shape index (κ1) is 11.2. The van der Waals surface area contributed by atoms with E-state index in [1.54, 1.807) is 18.2 Å². The highest BCUT2D eigenvalue weighted by atomic mass is 127. The number of benzene rings is 1. The molecule has 14 heavy (non-hydrogen) atoms. The van der Waals surface area contributed by atoms with Crippen LogP contribution in [-0.4, -0.2) is 11.8 Å². The monoisotopic (exact) mass is 304 g/mol. The lowest BCUT2D eigenvalue weighted by molar-refractivity contribution is -0.131. The van der Waals surface area contributed by atoms with Crippen LogP contribution in [0.5, 0.6) is 5.75 Å². The van der Waals surface area contributed by atoms with Crippen molar-refractivity contribution in [2.75, 3.05) is 0 Å². The Hall–Kier alpha value is -0.910. The van der Waals surface area contributed by atoms with Gasteiger partial charge in [-0.25, -0.2) is 0 Å². The molecule has 0 aliphatic heterocycles. The standard InChI is InChI=1S/C10H9IO3/c1-6(12)9-4-3-8(11)5-10(9)14-7(2)13/h3-5H,1-2H3. The van der Waals surface area contributed by atoms with Crippen LogP contribution >= 0.6 is 22.6 Å². The highest BCUT2D eigenvalue weighted by Gasteiger charge is 2.10. The maximum Gasteiger partial charge on any atom is 0.308 e. The molecule has 0 radical (unpaired) electrons. The normalized spacial score (nSPS) is 9.64. The molecule has 0 fully saturated rings. The maximum absolute atomic E-state index is 11.2. The average Bonchev–Trinajstić information content (AvgIpc) is 2.01. The number of Topliss-reactive ketones (excluding diaryl/α,β-unsaturated/α-hetero) is 1. The molecule has 0 N–H and O–H groups in total. The van der Waals surface area contributed by atoms with Crippen molar-refractivity contribution in [3.05, 3.63) is 27.3 Å². The Morgan fingerprint density at radius 1 is 1.29 bits per heavy atom. The molecule has 74 valence electrons. The van der Waals surface area contributed by atoms with E-state index in [0.717, 1.165) is 3.57 Å². The van der Waals surface area contributed by atoms with Gasteiger partial charge in [-0.15, -0.1) is 0 Å². The summed E-state index contributed by atoms with van der Waals surface area (Å²) < 4.78 is 5.84. The zero-order chi connectivity index (χ0) is 10.7. The lowest BCUT2D eigenvalue weighted by atomic mass is 10.1. The Bertz CT molecular complexity index is 385. The summed E-state index contributed by atoms with van der Waals surface area (Å²) in [5, 5.41) is 0. The molecule has 0 aliphatic carbocycles. The van der Waals surface area contributed by atoms with Crippen LogP contribution in [0.25, 0.3) is 0 Å². The second-order valence-electron chi connectivity index (χ2n) is 2.79. The molecule has 0 spiro atoms. The summed E-state index contributed by atoms with van der Waals surface area (Å²) in [5.41, 5.74) is 0.431. The Balaban J connectivity index is 3.15. The first-order valence-electron chi connectivity index (χ1n) is 3.99. The fraction of sp³-hybridized carbons (Fsp3) is 0.200. The van der Waals surface area contributed by atoms with Crippen molar-refractivity contribution < 1.29 is 14.3 Å². The summed E-state index contributed by atoms with van der Waals surface area (Å²) in [6.45, 7) is 2.75. The van der Waals surface area contributed by atoms with Crippen LogP contribution in [-0.2, 0) is 4.79 Å². The first-order chi connectivity index (χ1) is 6.50. The van der Waals surface area contributed by atoms with E-state index in [1.165, 1.54) is 13.8 Å². The second-order valence-corrected chi connectivity index (χ2v) is 4.04. The Labute approximate surface area is 95.6 Å². The summed E-state index contributed by atoms with van der Waals surface area (Å²) >= 11 is 2.09. The number of halogens is 1. The van der Waals surface area contributed by atoms with E-state index >= 15 is 0 Å². The molecule has 4 heteroatoms. The number of carbonyl (C=O) groups is 2. The van der Waals surface area contributed by atoms with E-state index in [-0.39, 0.29) is 5.78 Å². The van der Waals surface area contributed by atoms with Gasteiger partial charge < -0.3 is 4.74 Å². The molecular formula is C10H9IO3. The van der Waals surface area contributed by atoms with E-state index in [4.69, 9.17) is 4.74 Å². The minimum atomic E-state index is -0.422. The second kappa shape index (κ2) is 4.54. The highest BCUT2D eigenvalue weighted by molar-refractivity contribution is 14.1. The van der Waals surface area contributed by atoms with E-state index in [2.05, 4.69) is 22.6 Å². The maximum atomic E-state index is 11.2. The molecule has 1 rings (SSSR count). The molecule has 0 saturated heterocycles. The van der Waals surface area contributed by atoms with Gasteiger partial charge in [0.2, 0.25) is 0 Å². The van der Waals surface area contributed by atoms with Crippen LogP contribution < -0.4 is 4.74 Å². The average molecular weight is 304 g/mol. The fourth-order valence-corrected chi connectivity index (χ4v) is 1.49. The molecule has 0 aromatic heterocycles. The molecule has 0 unspecified atom stereocenters. The van der Waals surface area contributed by atoms with Crippen LogP contribution in [0.15, 0.2) is 18.2 Å². The zero-order valence-corrected chi connectivity index (χ0v) is 9.99. The highest BCUT2D eigenvalue weighted by Crippen LogP contribution is 2.22. The molecule has 0 heterocycles. The smallest absolute Gasteiger partial charge is 0.308 e. The lowest BCUT2D eigenvalue weighted by Gasteiger charge is -2.06. The van der Waals surface area contributed by atoms with Crippen molar-refractivity contribution in [1.82, 2.24) is 0 Å². The minimum absolute atomic E-state index is 0.113. The predicted molar refractivity (Wildman–Crippen MR) is 60.5 cm³/mol. The van der Waals surface area contributed by atoms with Gasteiger partial charge in [-0.05, 0) is 47.7 Å². The van der Waals surface area contributed by atoms with E-state index < -0.39 is 5.97 Å². The molecule has 1 aromatic carbocycles. The minimum Gasteiger partial charge on any atom is -0.426 e. The van der Waals surface area contributed by atoms with Crippen LogP contribution in [0.3, 0.4) is 0 Å². The molecule has 0 atom stereocenters. The van der Waals surface area contributed by atoms with Gasteiger partial charge in [0.05, 0.1) is 5.56 Å². The summed E-state index contributed by atoms with van der Waals surface area (Å²) in [6, 6.07) is 5.12. The van der Waals surface area contributed by atoms with Crippen molar-refractivity contribution in [1.29, 1.82) is 0 Å². The number of rotatable bonds is 2. The lowest BCUT2D eigenvalue weighted by Crippen LogP contribution is -2.06. The fourth-order valence-electron chi connectivity index (χ4n) is 1.03. The van der Waals surface area contributed by atoms with E-state index in [0.29, 0.717) is 11.3 Å². The topological polar surface area (TPSA) is 43.4 Å². The molecule has 3 nitrogen and oxygen atoms in total. The van der Waals surface area contributed by atoms with Crippen LogP contribution in [0.4, 0.5) is 0 Å². The van der Waals surface area contributed by atoms with Gasteiger partial charge in [0.1, 0.15) is 5.75 Å². The zero-order valence-electron chi connectivity index (χ0n) is 7.83. The number of hydrogen-bond donors (Lipinski definition) is 0. The molecule has 0 saturated carbocycles. The molecule has 0 bridgehead atoms. The van der Waals surface area contributed by atoms with Crippen molar-refractivity contribution in [2.24, 2.45) is 0 Å². The van der Waals surface area contributed by atoms with Gasteiger partial charge in [0, 0.05) is 10.5 Å². The summed E-state index contributed by atoms with van der Waals surface area (Å²) in [4.78, 5) is 21.9. The van der Waals surface area contributed by atoms with Gasteiger partial charge in [-0.3, -0.25) is 9.59 Å². The number of esters is 1. The predicted octanol–water partition coefficient (Wildman–Crippen LogP) is 2.42. The van der Waals surface area contributed by atoms with E-state index in [1.807, 2.05) is 0 Å². The largest absolute Gasteiger partial charge is 0.426 e. The quantitative estimate of drug-likeness (QED) is 0.365. The molecule has 0 amide bonds. The Morgan fingerprint density at radius 3 is 2.43 bits per heavy atom. The molecule has 0 aliphatic rings. The van der Waals surface area contributed by atoms with Crippen LogP contribution in [0, 0.1) is 3.57 Å². The van der Waals surface area contributed by atoms with Crippen LogP contribution in [0.2, 0.25) is 0 Å². The summed E-state index contributed by atoms with van der Waals surface area (Å²) in [6.07, 6.45) is 0. The van der Waals surface area contributed by atoms with Gasteiger partial charge >= 0.3 is 5.97 Å². The Kier molecular flexibility index (Phi) is 3.62. The summed E-state index contributed by atoms with van der Waals surface area (Å²) in [7, 11) is 0. The van der Waals surface area contributed by atoms with Crippen molar-refractivity contribution >= 4 is 34.3 Å². The number of carbonyl (C=O) groups excluding carboxylic acids is 2. The van der Waals surface area contributed by atoms with Gasteiger partial charge in [-0.1, -0.05) is 0 Å².